The molecular weight excluding hydrogens is 494 g/mol. The third kappa shape index (κ3) is 3.30. The molecule has 0 unspecified atom stereocenters. The predicted octanol–water partition coefficient (Wildman–Crippen LogP) is 11.0. The van der Waals surface area contributed by atoms with E-state index in [-0.39, 0.29) is 0 Å². The van der Waals surface area contributed by atoms with Crippen molar-refractivity contribution in [2.24, 2.45) is 0 Å². The first kappa shape index (κ1) is 22.4. The van der Waals surface area contributed by atoms with Gasteiger partial charge in [-0.3, -0.25) is 0 Å². The molecule has 0 amide bonds. The largest absolute Gasteiger partial charge is 0.309 e. The second-order valence-corrected chi connectivity index (χ2v) is 11.0. The topological polar surface area (TPSA) is 4.93 Å². The fourth-order valence-corrected chi connectivity index (χ4v) is 6.85. The number of benzene rings is 8. The summed E-state index contributed by atoms with van der Waals surface area (Å²) in [6, 6.07) is 55.5. The average molecular weight is 520 g/mol. The molecule has 1 heterocycles. The van der Waals surface area contributed by atoms with Gasteiger partial charge < -0.3 is 4.57 Å². The second kappa shape index (κ2) is 8.55. The van der Waals surface area contributed by atoms with Crippen molar-refractivity contribution < 1.29 is 0 Å². The number of hydrogen-bond donors (Lipinski definition) is 0. The molecule has 8 aromatic carbocycles. The molecule has 0 saturated heterocycles. The molecule has 0 aliphatic rings. The highest BCUT2D eigenvalue weighted by Crippen LogP contribution is 2.40. The van der Waals surface area contributed by atoms with Crippen LogP contribution in [0.2, 0.25) is 0 Å². The lowest BCUT2D eigenvalue weighted by atomic mass is 9.89. The fourth-order valence-electron chi connectivity index (χ4n) is 6.85. The first-order chi connectivity index (χ1) is 20.3. The van der Waals surface area contributed by atoms with Crippen LogP contribution in [-0.4, -0.2) is 4.57 Å². The Morgan fingerprint density at radius 3 is 1.66 bits per heavy atom. The van der Waals surface area contributed by atoms with Gasteiger partial charge in [0, 0.05) is 16.5 Å². The van der Waals surface area contributed by atoms with Crippen LogP contribution in [0.4, 0.5) is 0 Å². The maximum absolute atomic E-state index is 2.38. The summed E-state index contributed by atoms with van der Waals surface area (Å²) < 4.78 is 2.38. The van der Waals surface area contributed by atoms with Crippen molar-refractivity contribution >= 4 is 54.1 Å². The summed E-state index contributed by atoms with van der Waals surface area (Å²) in [5.74, 6) is 0. The van der Waals surface area contributed by atoms with Gasteiger partial charge in [0.25, 0.3) is 0 Å². The zero-order valence-electron chi connectivity index (χ0n) is 22.4. The Bertz CT molecular complexity index is 2340. The molecule has 0 aliphatic carbocycles. The molecule has 0 N–H and O–H groups in total. The van der Waals surface area contributed by atoms with E-state index in [0.717, 1.165) is 0 Å². The highest BCUT2D eigenvalue weighted by Gasteiger charge is 2.14. The molecule has 190 valence electrons. The smallest absolute Gasteiger partial charge is 0.0541 e. The van der Waals surface area contributed by atoms with Gasteiger partial charge in [-0.25, -0.2) is 0 Å². The van der Waals surface area contributed by atoms with E-state index >= 15 is 0 Å². The molecular formula is C40H25N. The molecule has 9 aromatic rings. The molecule has 41 heavy (non-hydrogen) atoms. The van der Waals surface area contributed by atoms with Crippen molar-refractivity contribution in [1.82, 2.24) is 4.57 Å². The van der Waals surface area contributed by atoms with E-state index in [4.69, 9.17) is 0 Å². The predicted molar refractivity (Wildman–Crippen MR) is 175 cm³/mol. The Morgan fingerprint density at radius 2 is 0.927 bits per heavy atom. The van der Waals surface area contributed by atoms with Gasteiger partial charge in [-0.2, -0.15) is 0 Å². The lowest BCUT2D eigenvalue weighted by molar-refractivity contribution is 1.18. The van der Waals surface area contributed by atoms with Crippen LogP contribution < -0.4 is 0 Å². The SMILES string of the molecule is c1cc(-c2ccc(-c3ccc4ccc5cccc6ccc3c4c56)cc2)cc(-n2c3ccccc3c3ccccc32)c1. The molecule has 1 aromatic heterocycles. The van der Waals surface area contributed by atoms with E-state index in [1.165, 1.54) is 82.1 Å². The molecule has 9 rings (SSSR count). The summed E-state index contributed by atoms with van der Waals surface area (Å²) in [6.07, 6.45) is 0. The Balaban J connectivity index is 1.16. The third-order valence-electron chi connectivity index (χ3n) is 8.74. The number of nitrogens with zero attached hydrogens (tertiary/aromatic N) is 1. The Morgan fingerprint density at radius 1 is 0.341 bits per heavy atom. The quantitative estimate of drug-likeness (QED) is 0.205. The molecule has 1 nitrogen and oxygen atoms in total. The minimum absolute atomic E-state index is 1.18. The zero-order valence-corrected chi connectivity index (χ0v) is 22.4. The van der Waals surface area contributed by atoms with E-state index in [2.05, 4.69) is 156 Å². The maximum Gasteiger partial charge on any atom is 0.0541 e. The molecule has 0 spiro atoms. The average Bonchev–Trinajstić information content (AvgIpc) is 3.38. The Labute approximate surface area is 237 Å². The second-order valence-electron chi connectivity index (χ2n) is 11.0. The van der Waals surface area contributed by atoms with E-state index < -0.39 is 0 Å². The van der Waals surface area contributed by atoms with Crippen molar-refractivity contribution in [3.63, 3.8) is 0 Å². The lowest BCUT2D eigenvalue weighted by Crippen LogP contribution is -1.94. The monoisotopic (exact) mass is 519 g/mol. The minimum atomic E-state index is 1.18. The van der Waals surface area contributed by atoms with Crippen molar-refractivity contribution in [3.05, 3.63) is 152 Å². The van der Waals surface area contributed by atoms with Crippen LogP contribution >= 0.6 is 0 Å². The summed E-state index contributed by atoms with van der Waals surface area (Å²) in [5, 5.41) is 10.5. The third-order valence-corrected chi connectivity index (χ3v) is 8.74. The minimum Gasteiger partial charge on any atom is -0.309 e. The number of aromatic nitrogens is 1. The van der Waals surface area contributed by atoms with Crippen LogP contribution in [0.5, 0.6) is 0 Å². The molecule has 0 radical (unpaired) electrons. The first-order valence-corrected chi connectivity index (χ1v) is 14.2. The highest BCUT2D eigenvalue weighted by atomic mass is 15.0. The van der Waals surface area contributed by atoms with E-state index in [1.807, 2.05) is 0 Å². The number of rotatable bonds is 3. The normalized spacial score (nSPS) is 11.9. The van der Waals surface area contributed by atoms with E-state index in [0.29, 0.717) is 0 Å². The van der Waals surface area contributed by atoms with Gasteiger partial charge >= 0.3 is 0 Å². The van der Waals surface area contributed by atoms with Gasteiger partial charge in [0.15, 0.2) is 0 Å². The molecule has 0 aliphatic heterocycles. The Kier molecular flexibility index (Phi) is 4.67. The van der Waals surface area contributed by atoms with Crippen LogP contribution in [0, 0.1) is 0 Å². The fraction of sp³-hybridized carbons (Fsp3) is 0. The summed E-state index contributed by atoms with van der Waals surface area (Å²) in [4.78, 5) is 0. The molecule has 0 bridgehead atoms. The van der Waals surface area contributed by atoms with E-state index in [1.54, 1.807) is 0 Å². The zero-order chi connectivity index (χ0) is 26.9. The van der Waals surface area contributed by atoms with Crippen molar-refractivity contribution in [2.75, 3.05) is 0 Å². The van der Waals surface area contributed by atoms with Gasteiger partial charge in [0.1, 0.15) is 0 Å². The molecule has 0 atom stereocenters. The molecule has 0 fully saturated rings. The van der Waals surface area contributed by atoms with Crippen LogP contribution in [0.25, 0.3) is 82.1 Å². The number of fused-ring (bicyclic) bond motifs is 3. The van der Waals surface area contributed by atoms with Gasteiger partial charge in [-0.05, 0) is 78.8 Å². The van der Waals surface area contributed by atoms with Crippen LogP contribution in [-0.2, 0) is 0 Å². The van der Waals surface area contributed by atoms with E-state index in [9.17, 15) is 0 Å². The number of hydrogen-bond acceptors (Lipinski definition) is 0. The van der Waals surface area contributed by atoms with Gasteiger partial charge in [-0.1, -0.05) is 127 Å². The molecule has 1 heteroatoms. The summed E-state index contributed by atoms with van der Waals surface area (Å²) in [5.41, 5.74) is 8.59. The summed E-state index contributed by atoms with van der Waals surface area (Å²) >= 11 is 0. The maximum atomic E-state index is 2.38. The van der Waals surface area contributed by atoms with Gasteiger partial charge in [0.05, 0.1) is 11.0 Å². The van der Waals surface area contributed by atoms with Crippen molar-refractivity contribution in [2.45, 2.75) is 0 Å². The highest BCUT2D eigenvalue weighted by molar-refractivity contribution is 6.25. The van der Waals surface area contributed by atoms with Gasteiger partial charge in [-0.15, -0.1) is 0 Å². The summed E-state index contributed by atoms with van der Waals surface area (Å²) in [6.45, 7) is 0. The van der Waals surface area contributed by atoms with Crippen LogP contribution in [0.1, 0.15) is 0 Å². The summed E-state index contributed by atoms with van der Waals surface area (Å²) in [7, 11) is 0. The van der Waals surface area contributed by atoms with Crippen molar-refractivity contribution in [3.8, 4) is 27.9 Å². The lowest BCUT2D eigenvalue weighted by Gasteiger charge is -2.14. The van der Waals surface area contributed by atoms with Gasteiger partial charge in [0.2, 0.25) is 0 Å². The van der Waals surface area contributed by atoms with Crippen molar-refractivity contribution in [1.29, 1.82) is 0 Å². The molecule has 0 saturated carbocycles. The van der Waals surface area contributed by atoms with Crippen LogP contribution in [0.3, 0.4) is 0 Å². The first-order valence-electron chi connectivity index (χ1n) is 14.2. The standard InChI is InChI=1S/C40H25N/c1-3-13-37-34(11-1)35-12-2-4-14-38(35)41(37)32-10-6-9-31(25-32)26-15-17-27(18-16-26)33-23-21-30-20-19-28-7-5-8-29-22-24-36(33)40(30)39(28)29/h1-25H. The Hall–Kier alpha value is -5.40. The van der Waals surface area contributed by atoms with Crippen LogP contribution in [0.15, 0.2) is 152 Å². The number of para-hydroxylation sites is 2.